The molecule has 0 saturated carbocycles. The standard InChI is InChI=1S/C15H14Cl2N2O2S/c1-8-4-3-5-9(2)13(8)19-12(20)7-18-15(21)10-6-11(16)22-14(10)17/h3-6H,7H2,1-2H3,(H,18,21)(H,19,20). The molecule has 0 aliphatic heterocycles. The van der Waals surface area contributed by atoms with Crippen LogP contribution in [0.2, 0.25) is 8.67 Å². The Bertz CT molecular complexity index is 708. The maximum absolute atomic E-state index is 12.0. The smallest absolute Gasteiger partial charge is 0.254 e. The van der Waals surface area contributed by atoms with Crippen molar-refractivity contribution < 1.29 is 9.59 Å². The molecule has 4 nitrogen and oxygen atoms in total. The second-order valence-corrected chi connectivity index (χ2v) is 7.02. The van der Waals surface area contributed by atoms with Crippen LogP contribution in [0.1, 0.15) is 21.5 Å². The topological polar surface area (TPSA) is 58.2 Å². The Kier molecular flexibility index (Phi) is 5.45. The first-order valence-corrected chi connectivity index (χ1v) is 8.05. The van der Waals surface area contributed by atoms with E-state index in [0.29, 0.717) is 8.67 Å². The molecule has 0 radical (unpaired) electrons. The first-order valence-electron chi connectivity index (χ1n) is 6.47. The highest BCUT2D eigenvalue weighted by atomic mass is 35.5. The zero-order valence-electron chi connectivity index (χ0n) is 12.0. The lowest BCUT2D eigenvalue weighted by molar-refractivity contribution is -0.115. The largest absolute Gasteiger partial charge is 0.343 e. The van der Waals surface area contributed by atoms with Crippen LogP contribution in [0, 0.1) is 13.8 Å². The lowest BCUT2D eigenvalue weighted by Gasteiger charge is -2.11. The molecule has 1 heterocycles. The maximum Gasteiger partial charge on any atom is 0.254 e. The average Bonchev–Trinajstić information content (AvgIpc) is 2.79. The highest BCUT2D eigenvalue weighted by Gasteiger charge is 2.15. The lowest BCUT2D eigenvalue weighted by atomic mass is 10.1. The third kappa shape index (κ3) is 4.00. The van der Waals surface area contributed by atoms with Crippen molar-refractivity contribution in [3.05, 3.63) is 49.6 Å². The molecule has 2 aromatic rings. The number of rotatable bonds is 4. The number of aryl methyl sites for hydroxylation is 2. The fourth-order valence-corrected chi connectivity index (χ4v) is 3.40. The van der Waals surface area contributed by atoms with Crippen LogP contribution in [0.15, 0.2) is 24.3 Å². The molecule has 0 aliphatic rings. The summed E-state index contributed by atoms with van der Waals surface area (Å²) >= 11 is 12.8. The van der Waals surface area contributed by atoms with Crippen molar-refractivity contribution in [3.8, 4) is 0 Å². The minimum absolute atomic E-state index is 0.142. The Morgan fingerprint density at radius 3 is 2.36 bits per heavy atom. The summed E-state index contributed by atoms with van der Waals surface area (Å²) in [5.41, 5.74) is 2.97. The summed E-state index contributed by atoms with van der Waals surface area (Å²) in [6, 6.07) is 7.22. The normalized spacial score (nSPS) is 10.4. The summed E-state index contributed by atoms with van der Waals surface area (Å²) in [7, 11) is 0. The number of amides is 2. The van der Waals surface area contributed by atoms with Gasteiger partial charge in [0.15, 0.2) is 0 Å². The number of carbonyl (C=O) groups excluding carboxylic acids is 2. The lowest BCUT2D eigenvalue weighted by Crippen LogP contribution is -2.33. The van der Waals surface area contributed by atoms with Crippen molar-refractivity contribution >= 4 is 52.0 Å². The van der Waals surface area contributed by atoms with Gasteiger partial charge in [-0.2, -0.15) is 0 Å². The first-order chi connectivity index (χ1) is 10.4. The summed E-state index contributed by atoms with van der Waals surface area (Å²) in [4.78, 5) is 23.9. The number of hydrogen-bond donors (Lipinski definition) is 2. The van der Waals surface area contributed by atoms with E-state index in [4.69, 9.17) is 23.2 Å². The SMILES string of the molecule is Cc1cccc(C)c1NC(=O)CNC(=O)c1cc(Cl)sc1Cl. The zero-order chi connectivity index (χ0) is 16.3. The van der Waals surface area contributed by atoms with E-state index in [2.05, 4.69) is 10.6 Å². The fraction of sp³-hybridized carbons (Fsp3) is 0.200. The summed E-state index contributed by atoms with van der Waals surface area (Å²) < 4.78 is 0.729. The van der Waals surface area contributed by atoms with Gasteiger partial charge < -0.3 is 10.6 Å². The molecule has 0 aliphatic carbocycles. The van der Waals surface area contributed by atoms with Gasteiger partial charge in [0.2, 0.25) is 5.91 Å². The van der Waals surface area contributed by atoms with Gasteiger partial charge in [-0.1, -0.05) is 41.4 Å². The van der Waals surface area contributed by atoms with E-state index >= 15 is 0 Å². The number of carbonyl (C=O) groups is 2. The summed E-state index contributed by atoms with van der Waals surface area (Å²) in [5.74, 6) is -0.729. The molecule has 0 saturated heterocycles. The van der Waals surface area contributed by atoms with Gasteiger partial charge in [-0.15, -0.1) is 11.3 Å². The van der Waals surface area contributed by atoms with Gasteiger partial charge in [0.25, 0.3) is 5.91 Å². The molecule has 116 valence electrons. The number of halogens is 2. The van der Waals surface area contributed by atoms with Gasteiger partial charge in [-0.3, -0.25) is 9.59 Å². The van der Waals surface area contributed by atoms with Crippen LogP contribution in [-0.4, -0.2) is 18.4 Å². The third-order valence-electron chi connectivity index (χ3n) is 3.06. The molecule has 0 spiro atoms. The molecular formula is C15H14Cl2N2O2S. The van der Waals surface area contributed by atoms with Crippen molar-refractivity contribution in [2.75, 3.05) is 11.9 Å². The van der Waals surface area contributed by atoms with Crippen molar-refractivity contribution in [1.82, 2.24) is 5.32 Å². The second kappa shape index (κ2) is 7.13. The van der Waals surface area contributed by atoms with Gasteiger partial charge in [-0.05, 0) is 31.0 Å². The van der Waals surface area contributed by atoms with E-state index < -0.39 is 5.91 Å². The second-order valence-electron chi connectivity index (χ2n) is 4.74. The molecule has 0 unspecified atom stereocenters. The van der Waals surface area contributed by atoms with E-state index in [1.54, 1.807) is 0 Å². The van der Waals surface area contributed by atoms with E-state index in [-0.39, 0.29) is 18.0 Å². The monoisotopic (exact) mass is 356 g/mol. The van der Waals surface area contributed by atoms with Crippen LogP contribution in [0.4, 0.5) is 5.69 Å². The van der Waals surface area contributed by atoms with Crippen LogP contribution >= 0.6 is 34.5 Å². The van der Waals surface area contributed by atoms with Crippen molar-refractivity contribution in [2.24, 2.45) is 0 Å². The van der Waals surface area contributed by atoms with E-state index in [0.717, 1.165) is 28.2 Å². The molecule has 1 aromatic heterocycles. The molecule has 22 heavy (non-hydrogen) atoms. The molecule has 1 aromatic carbocycles. The number of anilines is 1. The fourth-order valence-electron chi connectivity index (χ4n) is 1.95. The van der Waals surface area contributed by atoms with Crippen molar-refractivity contribution in [3.63, 3.8) is 0 Å². The van der Waals surface area contributed by atoms with Crippen LogP contribution in [0.5, 0.6) is 0 Å². The van der Waals surface area contributed by atoms with Gasteiger partial charge in [0, 0.05) is 5.69 Å². The Balaban J connectivity index is 1.96. The summed E-state index contributed by atoms with van der Waals surface area (Å²) in [6.07, 6.45) is 0. The van der Waals surface area contributed by atoms with Crippen molar-refractivity contribution in [2.45, 2.75) is 13.8 Å². The number of nitrogens with one attached hydrogen (secondary N) is 2. The Morgan fingerprint density at radius 1 is 1.18 bits per heavy atom. The Morgan fingerprint density at radius 2 is 1.82 bits per heavy atom. The first kappa shape index (κ1) is 16.8. The molecule has 2 amide bonds. The molecule has 2 rings (SSSR count). The van der Waals surface area contributed by atoms with Gasteiger partial charge in [0.1, 0.15) is 4.34 Å². The Hall–Kier alpha value is -1.56. The summed E-state index contributed by atoms with van der Waals surface area (Å²) in [6.45, 7) is 3.68. The van der Waals surface area contributed by atoms with Crippen molar-refractivity contribution in [1.29, 1.82) is 0 Å². The predicted molar refractivity (Wildman–Crippen MR) is 91.2 cm³/mol. The van der Waals surface area contributed by atoms with E-state index in [1.807, 2.05) is 32.0 Å². The minimum atomic E-state index is -0.426. The zero-order valence-corrected chi connectivity index (χ0v) is 14.3. The van der Waals surface area contributed by atoms with Gasteiger partial charge >= 0.3 is 0 Å². The number of thiophene rings is 1. The number of hydrogen-bond acceptors (Lipinski definition) is 3. The highest BCUT2D eigenvalue weighted by Crippen LogP contribution is 2.30. The molecule has 2 N–H and O–H groups in total. The quantitative estimate of drug-likeness (QED) is 0.868. The maximum atomic E-state index is 12.0. The summed E-state index contributed by atoms with van der Waals surface area (Å²) in [5, 5.41) is 5.32. The highest BCUT2D eigenvalue weighted by molar-refractivity contribution is 7.20. The van der Waals surface area contributed by atoms with Crippen LogP contribution in [0.25, 0.3) is 0 Å². The molecular weight excluding hydrogens is 343 g/mol. The number of benzene rings is 1. The van der Waals surface area contributed by atoms with Gasteiger partial charge in [0.05, 0.1) is 16.4 Å². The molecule has 0 fully saturated rings. The van der Waals surface area contributed by atoms with Crippen LogP contribution < -0.4 is 10.6 Å². The van der Waals surface area contributed by atoms with Crippen LogP contribution in [-0.2, 0) is 4.79 Å². The predicted octanol–water partition coefficient (Wildman–Crippen LogP) is 4.04. The Labute approximate surface area is 142 Å². The molecule has 7 heteroatoms. The minimum Gasteiger partial charge on any atom is -0.343 e. The third-order valence-corrected chi connectivity index (χ3v) is 4.54. The van der Waals surface area contributed by atoms with E-state index in [1.165, 1.54) is 6.07 Å². The number of para-hydroxylation sites is 1. The van der Waals surface area contributed by atoms with E-state index in [9.17, 15) is 9.59 Å². The van der Waals surface area contributed by atoms with Crippen LogP contribution in [0.3, 0.4) is 0 Å². The molecule has 0 atom stereocenters. The average molecular weight is 357 g/mol. The van der Waals surface area contributed by atoms with Gasteiger partial charge in [-0.25, -0.2) is 0 Å². The molecule has 0 bridgehead atoms.